The van der Waals surface area contributed by atoms with E-state index in [1.165, 1.54) is 0 Å². The molecule has 0 aliphatic heterocycles. The molecular weight excluding hydrogens is 586 g/mol. The number of phosphoric ester groups is 1. The van der Waals surface area contributed by atoms with Crippen LogP contribution in [-0.2, 0) is 53.5 Å². The van der Waals surface area contributed by atoms with E-state index in [1.807, 2.05) is 6.92 Å². The molecule has 25 heteroatoms. The molecule has 0 amide bonds. The lowest BCUT2D eigenvalue weighted by Gasteiger charge is -2.20. The van der Waals surface area contributed by atoms with E-state index in [0.717, 1.165) is 25.7 Å². The highest BCUT2D eigenvalue weighted by Crippen LogP contribution is 2.74. The second kappa shape index (κ2) is 13.4. The minimum atomic E-state index is -6.26. The maximum absolute atomic E-state index is 11.7. The van der Waals surface area contributed by atoms with Crippen LogP contribution in [0.4, 0.5) is 0 Å². The number of rotatable bonds is 18. The first-order valence-corrected chi connectivity index (χ1v) is 17.5. The lowest BCUT2D eigenvalue weighted by molar-refractivity contribution is 0.167. The van der Waals surface area contributed by atoms with Crippen LogP contribution in [0.3, 0.4) is 0 Å². The predicted molar refractivity (Wildman–Crippen MR) is 106 cm³/mol. The van der Waals surface area contributed by atoms with Crippen LogP contribution >= 0.6 is 46.9 Å². The van der Waals surface area contributed by atoms with Gasteiger partial charge in [-0.2, -0.15) is 21.6 Å². The van der Waals surface area contributed by atoms with Gasteiger partial charge in [-0.15, -0.1) is 0 Å². The van der Waals surface area contributed by atoms with Crippen LogP contribution in [-0.4, -0.2) is 40.9 Å². The quantitative estimate of drug-likeness (QED) is 0.0866. The highest BCUT2D eigenvalue weighted by atomic mass is 31.3. The van der Waals surface area contributed by atoms with Crippen molar-refractivity contribution in [2.24, 2.45) is 0 Å². The fourth-order valence-electron chi connectivity index (χ4n) is 1.80. The molecule has 5 atom stereocenters. The van der Waals surface area contributed by atoms with Gasteiger partial charge in [-0.05, 0) is 6.42 Å². The number of phosphoric acid groups is 6. The maximum atomic E-state index is 11.7. The highest BCUT2D eigenvalue weighted by molar-refractivity contribution is 7.72. The molecule has 0 fully saturated rings. The van der Waals surface area contributed by atoms with Gasteiger partial charge in [0.1, 0.15) is 0 Å². The molecule has 0 aliphatic carbocycles. The molecule has 0 saturated carbocycles. The monoisotopic (exact) mass is 610 g/mol. The standard InChI is InChI=1S/C8H24O19P6/c1-2-3-4-5-6-7-8-22-29(12,13)24-31(16,17)26-33(20,21)27-32(18,19)25-30(14,15)23-28(9,10)11/h2-8H2,1H3,(H,12,13)(H,14,15)(H,16,17)(H,18,19)(H,20,21)(H2,9,10,11). The van der Waals surface area contributed by atoms with Gasteiger partial charge >= 0.3 is 46.9 Å². The summed E-state index contributed by atoms with van der Waals surface area (Å²) in [5.74, 6) is 0. The van der Waals surface area contributed by atoms with Crippen molar-refractivity contribution in [2.75, 3.05) is 6.61 Å². The molecule has 0 aromatic heterocycles. The summed E-state index contributed by atoms with van der Waals surface area (Å²) in [4.78, 5) is 62.7. The SMILES string of the molecule is CCCCCCCCOP(=O)(O)OP(=O)(O)OP(=O)(O)OP(=O)(O)OP(=O)(O)OP(=O)(O)O. The minimum absolute atomic E-state index is 0.249. The molecule has 0 saturated heterocycles. The number of hydrogen-bond donors (Lipinski definition) is 7. The van der Waals surface area contributed by atoms with E-state index in [-0.39, 0.29) is 6.42 Å². The fraction of sp³-hybridized carbons (Fsp3) is 1.00. The first-order valence-electron chi connectivity index (χ1n) is 8.50. The van der Waals surface area contributed by atoms with Crippen molar-refractivity contribution in [3.05, 3.63) is 0 Å². The Bertz CT molecular complexity index is 908. The Morgan fingerprint density at radius 1 is 0.485 bits per heavy atom. The lowest BCUT2D eigenvalue weighted by atomic mass is 10.1. The first-order chi connectivity index (χ1) is 14.6. The van der Waals surface area contributed by atoms with Crippen molar-refractivity contribution >= 4 is 46.9 Å². The van der Waals surface area contributed by atoms with Gasteiger partial charge in [0.25, 0.3) is 0 Å². The van der Waals surface area contributed by atoms with E-state index in [4.69, 9.17) is 19.6 Å². The molecule has 0 aromatic carbocycles. The molecule has 0 heterocycles. The third-order valence-corrected chi connectivity index (χ3v) is 11.6. The molecule has 5 unspecified atom stereocenters. The van der Waals surface area contributed by atoms with Gasteiger partial charge in [-0.3, -0.25) is 4.52 Å². The van der Waals surface area contributed by atoms with E-state index in [9.17, 15) is 42.1 Å². The maximum Gasteiger partial charge on any atom is 0.490 e. The lowest BCUT2D eigenvalue weighted by Crippen LogP contribution is -2.00. The summed E-state index contributed by atoms with van der Waals surface area (Å²) in [6, 6.07) is 0. The molecule has 0 bridgehead atoms. The molecule has 19 nitrogen and oxygen atoms in total. The zero-order chi connectivity index (χ0) is 26.2. The largest absolute Gasteiger partial charge is 0.490 e. The Morgan fingerprint density at radius 2 is 0.818 bits per heavy atom. The summed E-state index contributed by atoms with van der Waals surface area (Å²) in [5, 5.41) is 0. The van der Waals surface area contributed by atoms with E-state index >= 15 is 0 Å². The Balaban J connectivity index is 4.90. The van der Waals surface area contributed by atoms with Gasteiger partial charge in [0.05, 0.1) is 6.61 Å². The molecule has 0 radical (unpaired) electrons. The summed E-state index contributed by atoms with van der Waals surface area (Å²) in [6.45, 7) is 1.57. The van der Waals surface area contributed by atoms with Crippen LogP contribution < -0.4 is 0 Å². The zero-order valence-corrected chi connectivity index (χ0v) is 22.0. The van der Waals surface area contributed by atoms with Crippen molar-refractivity contribution in [3.63, 3.8) is 0 Å². The van der Waals surface area contributed by atoms with Crippen LogP contribution in [0.2, 0.25) is 0 Å². The van der Waals surface area contributed by atoms with E-state index in [2.05, 4.69) is 26.1 Å². The van der Waals surface area contributed by atoms with Gasteiger partial charge in [-0.25, -0.2) is 27.4 Å². The summed E-state index contributed by atoms with van der Waals surface area (Å²) in [5.41, 5.74) is 0. The summed E-state index contributed by atoms with van der Waals surface area (Å²) in [7, 11) is -35.7. The van der Waals surface area contributed by atoms with Crippen molar-refractivity contribution in [2.45, 2.75) is 45.4 Å². The van der Waals surface area contributed by atoms with Crippen molar-refractivity contribution in [1.82, 2.24) is 0 Å². The van der Waals surface area contributed by atoms with Gasteiger partial charge in [-0.1, -0.05) is 39.0 Å². The average molecular weight is 610 g/mol. The Hall–Kier alpha value is 0.860. The third-order valence-electron chi connectivity index (χ3n) is 2.79. The zero-order valence-electron chi connectivity index (χ0n) is 16.7. The molecule has 200 valence electrons. The van der Waals surface area contributed by atoms with Crippen molar-refractivity contribution < 1.29 is 87.7 Å². The van der Waals surface area contributed by atoms with Crippen LogP contribution in [0, 0.1) is 0 Å². The third kappa shape index (κ3) is 18.7. The summed E-state index contributed by atoms with van der Waals surface area (Å²) >= 11 is 0. The molecule has 0 aromatic rings. The van der Waals surface area contributed by atoms with E-state index < -0.39 is 53.5 Å². The smallest absolute Gasteiger partial charge is 0.302 e. The van der Waals surface area contributed by atoms with E-state index in [0.29, 0.717) is 6.42 Å². The van der Waals surface area contributed by atoms with Gasteiger partial charge in [0, 0.05) is 0 Å². The van der Waals surface area contributed by atoms with Gasteiger partial charge < -0.3 is 34.3 Å². The summed E-state index contributed by atoms with van der Waals surface area (Å²) in [6.07, 6.45) is 4.49. The Kier molecular flexibility index (Phi) is 13.8. The van der Waals surface area contributed by atoms with Crippen LogP contribution in [0.25, 0.3) is 0 Å². The predicted octanol–water partition coefficient (Wildman–Crippen LogP) is 3.04. The minimum Gasteiger partial charge on any atom is -0.302 e. The Labute approximate surface area is 187 Å². The normalized spacial score (nSPS) is 21.8. The average Bonchev–Trinajstić information content (AvgIpc) is 2.46. The van der Waals surface area contributed by atoms with Crippen LogP contribution in [0.1, 0.15) is 45.4 Å². The molecule has 7 N–H and O–H groups in total. The number of unbranched alkanes of at least 4 members (excludes halogenated alkanes) is 5. The highest BCUT2D eigenvalue weighted by Gasteiger charge is 2.49. The molecule has 0 rings (SSSR count). The molecule has 0 spiro atoms. The number of hydrogen-bond acceptors (Lipinski definition) is 12. The summed E-state index contributed by atoms with van der Waals surface area (Å²) < 4.78 is 89.3. The van der Waals surface area contributed by atoms with Gasteiger partial charge in [0.2, 0.25) is 0 Å². The van der Waals surface area contributed by atoms with Gasteiger partial charge in [0.15, 0.2) is 0 Å². The molecule has 33 heavy (non-hydrogen) atoms. The van der Waals surface area contributed by atoms with Crippen LogP contribution in [0.15, 0.2) is 0 Å². The fourth-order valence-corrected chi connectivity index (χ4v) is 9.15. The van der Waals surface area contributed by atoms with Crippen molar-refractivity contribution in [3.8, 4) is 0 Å². The second-order valence-corrected chi connectivity index (χ2v) is 15.0. The van der Waals surface area contributed by atoms with Crippen molar-refractivity contribution in [1.29, 1.82) is 0 Å². The van der Waals surface area contributed by atoms with E-state index in [1.54, 1.807) is 0 Å². The van der Waals surface area contributed by atoms with Crippen LogP contribution in [0.5, 0.6) is 0 Å². The second-order valence-electron chi connectivity index (χ2n) is 5.84. The first kappa shape index (κ1) is 33.9. The molecule has 0 aliphatic rings. The molecular formula is C8H24O19P6. The Morgan fingerprint density at radius 3 is 1.21 bits per heavy atom. The topological polar surface area (TPSA) is 299 Å².